The predicted octanol–water partition coefficient (Wildman–Crippen LogP) is 3.83. The second-order valence-electron chi connectivity index (χ2n) is 4.48. The van der Waals surface area contributed by atoms with Gasteiger partial charge in [-0.1, -0.05) is 31.6 Å². The van der Waals surface area contributed by atoms with Crippen molar-refractivity contribution >= 4 is 30.7 Å². The molecule has 0 spiro atoms. The maximum absolute atomic E-state index is 3.39. The third-order valence-electron chi connectivity index (χ3n) is 1.69. The molecule has 0 aliphatic carbocycles. The molecule has 0 aliphatic rings. The van der Waals surface area contributed by atoms with Gasteiger partial charge in [0.15, 0.2) is 0 Å². The molecule has 0 bridgehead atoms. The zero-order chi connectivity index (χ0) is 10.8. The highest BCUT2D eigenvalue weighted by Crippen LogP contribution is 2.13. The maximum atomic E-state index is 3.39. The van der Waals surface area contributed by atoms with Crippen LogP contribution in [0.4, 0.5) is 0 Å². The Morgan fingerprint density at radius 3 is 2.43 bits per heavy atom. The van der Waals surface area contributed by atoms with E-state index in [2.05, 4.69) is 78.8 Å². The summed E-state index contributed by atoms with van der Waals surface area (Å²) in [6, 6.07) is 6.42. The summed E-state index contributed by atoms with van der Waals surface area (Å²) < 4.78 is 1.25. The van der Waals surface area contributed by atoms with Gasteiger partial charge in [-0.25, -0.2) is 0 Å². The minimum atomic E-state index is -1.24. The summed E-state index contributed by atoms with van der Waals surface area (Å²) in [6.45, 7) is 8.91. The SMILES string of the molecule is Cc1ccc(I)c(C#C[Si](C)(C)C)c1. The first-order valence-electron chi connectivity index (χ1n) is 4.68. The quantitative estimate of drug-likeness (QED) is 0.388. The lowest BCUT2D eigenvalue weighted by molar-refractivity contribution is 1.43. The van der Waals surface area contributed by atoms with Crippen molar-refractivity contribution in [2.75, 3.05) is 0 Å². The molecule has 0 fully saturated rings. The van der Waals surface area contributed by atoms with Crippen molar-refractivity contribution in [3.05, 3.63) is 32.9 Å². The molecule has 0 radical (unpaired) electrons. The summed E-state index contributed by atoms with van der Waals surface area (Å²) in [5, 5.41) is 0. The van der Waals surface area contributed by atoms with E-state index in [9.17, 15) is 0 Å². The number of hydrogen-bond donors (Lipinski definition) is 0. The average molecular weight is 314 g/mol. The minimum Gasteiger partial charge on any atom is -0.127 e. The van der Waals surface area contributed by atoms with Crippen molar-refractivity contribution in [3.63, 3.8) is 0 Å². The summed E-state index contributed by atoms with van der Waals surface area (Å²) in [4.78, 5) is 0. The van der Waals surface area contributed by atoms with Gasteiger partial charge in [-0.3, -0.25) is 0 Å². The van der Waals surface area contributed by atoms with E-state index in [1.807, 2.05) is 0 Å². The Bertz CT molecular complexity index is 391. The van der Waals surface area contributed by atoms with Crippen molar-refractivity contribution in [1.82, 2.24) is 0 Å². The zero-order valence-electron chi connectivity index (χ0n) is 9.11. The fourth-order valence-corrected chi connectivity index (χ4v) is 1.97. The summed E-state index contributed by atoms with van der Waals surface area (Å²) in [5.41, 5.74) is 5.85. The highest BCUT2D eigenvalue weighted by atomic mass is 127. The highest BCUT2D eigenvalue weighted by Gasteiger charge is 2.07. The van der Waals surface area contributed by atoms with Crippen LogP contribution in [-0.4, -0.2) is 8.07 Å². The monoisotopic (exact) mass is 314 g/mol. The van der Waals surface area contributed by atoms with Crippen LogP contribution in [0, 0.1) is 22.0 Å². The Morgan fingerprint density at radius 1 is 1.21 bits per heavy atom. The number of benzene rings is 1. The molecule has 14 heavy (non-hydrogen) atoms. The van der Waals surface area contributed by atoms with Crippen LogP contribution in [0.1, 0.15) is 11.1 Å². The van der Waals surface area contributed by atoms with Gasteiger partial charge in [-0.15, -0.1) is 5.54 Å². The number of hydrogen-bond acceptors (Lipinski definition) is 0. The van der Waals surface area contributed by atoms with Gasteiger partial charge in [0, 0.05) is 9.13 Å². The Balaban J connectivity index is 3.06. The van der Waals surface area contributed by atoms with Crippen molar-refractivity contribution in [1.29, 1.82) is 0 Å². The summed E-state index contributed by atoms with van der Waals surface area (Å²) >= 11 is 2.34. The first-order valence-corrected chi connectivity index (χ1v) is 9.26. The van der Waals surface area contributed by atoms with Crippen LogP contribution >= 0.6 is 22.6 Å². The molecule has 0 saturated carbocycles. The lowest BCUT2D eigenvalue weighted by Gasteiger charge is -2.04. The van der Waals surface area contributed by atoms with Gasteiger partial charge in [0.2, 0.25) is 0 Å². The molecule has 0 atom stereocenters. The molecule has 0 amide bonds. The highest BCUT2D eigenvalue weighted by molar-refractivity contribution is 14.1. The molecular formula is C12H15ISi. The van der Waals surface area contributed by atoms with Crippen LogP contribution in [0.25, 0.3) is 0 Å². The Labute approximate surface area is 101 Å². The van der Waals surface area contributed by atoms with Gasteiger partial charge in [0.25, 0.3) is 0 Å². The Hall–Kier alpha value is -0.273. The van der Waals surface area contributed by atoms with Gasteiger partial charge < -0.3 is 0 Å². The van der Waals surface area contributed by atoms with Crippen LogP contribution in [-0.2, 0) is 0 Å². The maximum Gasteiger partial charge on any atom is 0.129 e. The van der Waals surface area contributed by atoms with Gasteiger partial charge in [0.1, 0.15) is 8.07 Å². The lowest BCUT2D eigenvalue weighted by Crippen LogP contribution is -2.16. The average Bonchev–Trinajstić information content (AvgIpc) is 2.05. The molecule has 0 unspecified atom stereocenters. The van der Waals surface area contributed by atoms with E-state index in [4.69, 9.17) is 0 Å². The standard InChI is InChI=1S/C12H15ISi/c1-10-5-6-12(13)11(9-10)7-8-14(2,3)4/h5-6,9H,1-4H3. The molecule has 1 rings (SSSR count). The van der Waals surface area contributed by atoms with Crippen molar-refractivity contribution in [2.24, 2.45) is 0 Å². The van der Waals surface area contributed by atoms with Crippen molar-refractivity contribution < 1.29 is 0 Å². The molecule has 0 nitrogen and oxygen atoms in total. The van der Waals surface area contributed by atoms with Crippen molar-refractivity contribution in [3.8, 4) is 11.5 Å². The smallest absolute Gasteiger partial charge is 0.127 e. The predicted molar refractivity (Wildman–Crippen MR) is 74.1 cm³/mol. The van der Waals surface area contributed by atoms with Crippen LogP contribution in [0.15, 0.2) is 18.2 Å². The van der Waals surface area contributed by atoms with Gasteiger partial charge >= 0.3 is 0 Å². The van der Waals surface area contributed by atoms with E-state index >= 15 is 0 Å². The van der Waals surface area contributed by atoms with E-state index in [1.165, 1.54) is 14.7 Å². The van der Waals surface area contributed by atoms with Crippen LogP contribution in [0.3, 0.4) is 0 Å². The molecule has 0 aromatic heterocycles. The van der Waals surface area contributed by atoms with Gasteiger partial charge in [-0.2, -0.15) is 0 Å². The van der Waals surface area contributed by atoms with Crippen LogP contribution in [0.5, 0.6) is 0 Å². The molecular weight excluding hydrogens is 299 g/mol. The minimum absolute atomic E-state index is 1.17. The molecule has 1 aromatic rings. The summed E-state index contributed by atoms with van der Waals surface area (Å²) in [6.07, 6.45) is 0. The molecule has 2 heteroatoms. The Morgan fingerprint density at radius 2 is 1.86 bits per heavy atom. The molecule has 0 heterocycles. The molecule has 1 aromatic carbocycles. The summed E-state index contributed by atoms with van der Waals surface area (Å²) in [5.74, 6) is 3.30. The van der Waals surface area contributed by atoms with E-state index < -0.39 is 8.07 Å². The third-order valence-corrected chi connectivity index (χ3v) is 3.51. The van der Waals surface area contributed by atoms with Crippen LogP contribution < -0.4 is 0 Å². The van der Waals surface area contributed by atoms with Gasteiger partial charge in [0.05, 0.1) is 0 Å². The fraction of sp³-hybridized carbons (Fsp3) is 0.333. The Kier molecular flexibility index (Phi) is 3.79. The molecule has 74 valence electrons. The van der Waals surface area contributed by atoms with E-state index in [1.54, 1.807) is 0 Å². The first kappa shape index (κ1) is 11.8. The molecule has 0 saturated heterocycles. The normalized spacial score (nSPS) is 10.6. The van der Waals surface area contributed by atoms with Crippen LogP contribution in [0.2, 0.25) is 19.6 Å². The number of halogens is 1. The number of aryl methyl sites for hydroxylation is 1. The number of rotatable bonds is 0. The van der Waals surface area contributed by atoms with Crippen molar-refractivity contribution in [2.45, 2.75) is 26.6 Å². The first-order chi connectivity index (χ1) is 6.38. The van der Waals surface area contributed by atoms with E-state index in [0.717, 1.165) is 0 Å². The topological polar surface area (TPSA) is 0 Å². The second kappa shape index (κ2) is 4.50. The largest absolute Gasteiger partial charge is 0.129 e. The molecule has 0 N–H and O–H groups in total. The second-order valence-corrected chi connectivity index (χ2v) is 10.4. The molecule has 0 aliphatic heterocycles. The lowest BCUT2D eigenvalue weighted by atomic mass is 10.1. The fourth-order valence-electron chi connectivity index (χ4n) is 0.990. The third kappa shape index (κ3) is 3.85. The van der Waals surface area contributed by atoms with Gasteiger partial charge in [-0.05, 0) is 47.2 Å². The van der Waals surface area contributed by atoms with E-state index in [0.29, 0.717) is 0 Å². The zero-order valence-corrected chi connectivity index (χ0v) is 12.3. The van der Waals surface area contributed by atoms with E-state index in [-0.39, 0.29) is 0 Å². The summed E-state index contributed by atoms with van der Waals surface area (Å²) in [7, 11) is -1.24.